The molecule has 1 aromatic carbocycles. The summed E-state index contributed by atoms with van der Waals surface area (Å²) in [5.41, 5.74) is 0.527. The van der Waals surface area contributed by atoms with Crippen molar-refractivity contribution in [3.63, 3.8) is 0 Å². The molecule has 6 nitrogen and oxygen atoms in total. The summed E-state index contributed by atoms with van der Waals surface area (Å²) in [7, 11) is 0. The monoisotopic (exact) mass is 301 g/mol. The quantitative estimate of drug-likeness (QED) is 0.836. The number of hydrogen-bond acceptors (Lipinski definition) is 5. The van der Waals surface area contributed by atoms with E-state index in [4.69, 9.17) is 4.74 Å². The first-order valence-corrected chi connectivity index (χ1v) is 7.43. The predicted molar refractivity (Wildman–Crippen MR) is 82.8 cm³/mol. The number of ether oxygens (including phenoxy) is 1. The van der Waals surface area contributed by atoms with E-state index in [9.17, 15) is 9.59 Å². The van der Waals surface area contributed by atoms with Gasteiger partial charge >= 0.3 is 0 Å². The second-order valence-corrected chi connectivity index (χ2v) is 5.53. The number of morpholine rings is 1. The fourth-order valence-electron chi connectivity index (χ4n) is 2.68. The van der Waals surface area contributed by atoms with Crippen molar-refractivity contribution in [3.05, 3.63) is 40.4 Å². The van der Waals surface area contributed by atoms with Crippen LogP contribution in [0.15, 0.2) is 29.1 Å². The summed E-state index contributed by atoms with van der Waals surface area (Å²) < 4.78 is 6.84. The number of aromatic nitrogens is 2. The third-order valence-electron chi connectivity index (χ3n) is 3.79. The molecule has 3 rings (SSSR count). The first-order chi connectivity index (χ1) is 10.6. The van der Waals surface area contributed by atoms with E-state index in [-0.39, 0.29) is 17.9 Å². The highest BCUT2D eigenvalue weighted by atomic mass is 16.5. The number of ketones is 1. The normalized spacial score (nSPS) is 16.0. The zero-order chi connectivity index (χ0) is 15.5. The van der Waals surface area contributed by atoms with Crippen molar-refractivity contribution in [2.75, 3.05) is 26.3 Å². The van der Waals surface area contributed by atoms with Gasteiger partial charge in [-0.05, 0) is 19.1 Å². The van der Waals surface area contributed by atoms with Crippen LogP contribution in [0.2, 0.25) is 0 Å². The van der Waals surface area contributed by atoms with E-state index in [1.807, 2.05) is 18.2 Å². The van der Waals surface area contributed by atoms with Gasteiger partial charge in [0.1, 0.15) is 11.6 Å². The minimum Gasteiger partial charge on any atom is -0.379 e. The molecule has 0 atom stereocenters. The highest BCUT2D eigenvalue weighted by molar-refractivity contribution is 5.79. The van der Waals surface area contributed by atoms with Crippen molar-refractivity contribution >= 4 is 16.7 Å². The Morgan fingerprint density at radius 2 is 2.00 bits per heavy atom. The maximum absolute atomic E-state index is 12.7. The lowest BCUT2D eigenvalue weighted by atomic mass is 10.2. The number of fused-ring (bicyclic) bond motifs is 1. The van der Waals surface area contributed by atoms with E-state index in [2.05, 4.69) is 9.88 Å². The molecule has 1 aliphatic rings. The van der Waals surface area contributed by atoms with E-state index >= 15 is 0 Å². The zero-order valence-electron chi connectivity index (χ0n) is 12.6. The van der Waals surface area contributed by atoms with Gasteiger partial charge in [-0.15, -0.1) is 0 Å². The van der Waals surface area contributed by atoms with Crippen LogP contribution >= 0.6 is 0 Å². The molecule has 6 heteroatoms. The molecule has 22 heavy (non-hydrogen) atoms. The van der Waals surface area contributed by atoms with Gasteiger partial charge in [0.15, 0.2) is 0 Å². The SMILES string of the molecule is CC(=O)Cn1c(CN2CCOCC2)nc2ccccc2c1=O. The van der Waals surface area contributed by atoms with Crippen LogP contribution in [0.1, 0.15) is 12.7 Å². The molecule has 2 heterocycles. The standard InChI is InChI=1S/C16H19N3O3/c1-12(20)10-19-15(11-18-6-8-22-9-7-18)17-14-5-3-2-4-13(14)16(19)21/h2-5H,6-11H2,1H3. The van der Waals surface area contributed by atoms with Crippen LogP contribution in [0.5, 0.6) is 0 Å². The average molecular weight is 301 g/mol. The van der Waals surface area contributed by atoms with Crippen LogP contribution in [0, 0.1) is 0 Å². The lowest BCUT2D eigenvalue weighted by molar-refractivity contribution is -0.117. The highest BCUT2D eigenvalue weighted by Crippen LogP contribution is 2.10. The average Bonchev–Trinajstić information content (AvgIpc) is 2.52. The molecule has 1 fully saturated rings. The number of para-hydroxylation sites is 1. The van der Waals surface area contributed by atoms with Gasteiger partial charge in [0.2, 0.25) is 0 Å². The number of carbonyl (C=O) groups is 1. The fourth-order valence-corrected chi connectivity index (χ4v) is 2.68. The third-order valence-corrected chi connectivity index (χ3v) is 3.79. The molecule has 0 saturated carbocycles. The molecule has 0 aliphatic carbocycles. The molecule has 116 valence electrons. The van der Waals surface area contributed by atoms with Crippen molar-refractivity contribution in [3.8, 4) is 0 Å². The Hall–Kier alpha value is -2.05. The molecular weight excluding hydrogens is 282 g/mol. The highest BCUT2D eigenvalue weighted by Gasteiger charge is 2.17. The van der Waals surface area contributed by atoms with Gasteiger partial charge in [-0.2, -0.15) is 0 Å². The van der Waals surface area contributed by atoms with Crippen molar-refractivity contribution < 1.29 is 9.53 Å². The Balaban J connectivity index is 2.05. The minimum atomic E-state index is -0.149. The molecule has 0 amide bonds. The van der Waals surface area contributed by atoms with Crippen LogP contribution in [-0.4, -0.2) is 46.5 Å². The van der Waals surface area contributed by atoms with Crippen LogP contribution < -0.4 is 5.56 Å². The van der Waals surface area contributed by atoms with E-state index in [0.29, 0.717) is 36.5 Å². The molecule has 0 N–H and O–H groups in total. The second kappa shape index (κ2) is 6.37. The summed E-state index contributed by atoms with van der Waals surface area (Å²) >= 11 is 0. The second-order valence-electron chi connectivity index (χ2n) is 5.53. The van der Waals surface area contributed by atoms with E-state index in [1.165, 1.54) is 11.5 Å². The summed E-state index contributed by atoms with van der Waals surface area (Å²) in [6, 6.07) is 7.26. The Labute approximate surface area is 128 Å². The molecule has 1 aliphatic heterocycles. The van der Waals surface area contributed by atoms with Crippen LogP contribution in [0.3, 0.4) is 0 Å². The summed E-state index contributed by atoms with van der Waals surface area (Å²) in [4.78, 5) is 31.0. The molecule has 1 saturated heterocycles. The van der Waals surface area contributed by atoms with Gasteiger partial charge < -0.3 is 4.74 Å². The Kier molecular flexibility index (Phi) is 4.31. The van der Waals surface area contributed by atoms with Crippen molar-refractivity contribution in [2.24, 2.45) is 0 Å². The number of rotatable bonds is 4. The summed E-state index contributed by atoms with van der Waals surface area (Å²) in [6.45, 7) is 5.09. The summed E-state index contributed by atoms with van der Waals surface area (Å²) in [5, 5.41) is 0.550. The van der Waals surface area contributed by atoms with Crippen molar-refractivity contribution in [1.82, 2.24) is 14.5 Å². The first-order valence-electron chi connectivity index (χ1n) is 7.43. The van der Waals surface area contributed by atoms with Crippen molar-refractivity contribution in [1.29, 1.82) is 0 Å². The zero-order valence-corrected chi connectivity index (χ0v) is 12.6. The Bertz CT molecular complexity index is 748. The molecule has 1 aromatic heterocycles. The number of carbonyl (C=O) groups excluding carboxylic acids is 1. The first kappa shape index (κ1) is 14.9. The van der Waals surface area contributed by atoms with Gasteiger partial charge in [-0.1, -0.05) is 12.1 Å². The van der Waals surface area contributed by atoms with Gasteiger partial charge in [0.25, 0.3) is 5.56 Å². The van der Waals surface area contributed by atoms with Crippen LogP contribution in [0.25, 0.3) is 10.9 Å². The van der Waals surface area contributed by atoms with E-state index in [0.717, 1.165) is 13.1 Å². The smallest absolute Gasteiger partial charge is 0.261 e. The number of nitrogens with zero attached hydrogens (tertiary/aromatic N) is 3. The molecule has 0 unspecified atom stereocenters. The third kappa shape index (κ3) is 3.08. The molecular formula is C16H19N3O3. The lowest BCUT2D eigenvalue weighted by Crippen LogP contribution is -2.38. The molecule has 0 radical (unpaired) electrons. The number of benzene rings is 1. The maximum atomic E-state index is 12.7. The van der Waals surface area contributed by atoms with Crippen LogP contribution in [0.4, 0.5) is 0 Å². The van der Waals surface area contributed by atoms with Gasteiger partial charge in [-0.3, -0.25) is 19.1 Å². The fraction of sp³-hybridized carbons (Fsp3) is 0.438. The van der Waals surface area contributed by atoms with E-state index in [1.54, 1.807) is 6.07 Å². The lowest BCUT2D eigenvalue weighted by Gasteiger charge is -2.27. The van der Waals surface area contributed by atoms with Gasteiger partial charge in [0, 0.05) is 13.1 Å². The number of Topliss-reactive ketones (excluding diaryl/α,β-unsaturated/α-hetero) is 1. The van der Waals surface area contributed by atoms with Crippen molar-refractivity contribution in [2.45, 2.75) is 20.0 Å². The largest absolute Gasteiger partial charge is 0.379 e. The van der Waals surface area contributed by atoms with Gasteiger partial charge in [-0.25, -0.2) is 4.98 Å². The maximum Gasteiger partial charge on any atom is 0.261 e. The molecule has 2 aromatic rings. The number of hydrogen-bond donors (Lipinski definition) is 0. The Morgan fingerprint density at radius 1 is 1.27 bits per heavy atom. The minimum absolute atomic E-state index is 0.0533. The van der Waals surface area contributed by atoms with Crippen LogP contribution in [-0.2, 0) is 22.6 Å². The Morgan fingerprint density at radius 3 is 2.73 bits per heavy atom. The predicted octanol–water partition coefficient (Wildman–Crippen LogP) is 0.818. The summed E-state index contributed by atoms with van der Waals surface area (Å²) in [5.74, 6) is 0.586. The topological polar surface area (TPSA) is 64.4 Å². The molecule has 0 bridgehead atoms. The molecule has 0 spiro atoms. The summed E-state index contributed by atoms with van der Waals surface area (Å²) in [6.07, 6.45) is 0. The van der Waals surface area contributed by atoms with Gasteiger partial charge in [0.05, 0.1) is 37.2 Å². The van der Waals surface area contributed by atoms with E-state index < -0.39 is 0 Å².